The number of carbonyl (C=O) groups is 2. The average molecular weight is 267 g/mol. The normalized spacial score (nSPS) is 12.7. The zero-order chi connectivity index (χ0) is 14.6. The van der Waals surface area contributed by atoms with Crippen molar-refractivity contribution in [2.24, 2.45) is 0 Å². The molecule has 1 N–H and O–H groups in total. The standard InChI is InChI=1S/C14H18FNO3/c1-9(8-17)11-6-5-10(7-12(11)15)16-13(18)19-14(2,3)4/h5-9H,1-4H3,(H,16,18). The van der Waals surface area contributed by atoms with Crippen molar-refractivity contribution in [3.63, 3.8) is 0 Å². The molecule has 1 aromatic carbocycles. The Morgan fingerprint density at radius 3 is 2.53 bits per heavy atom. The molecule has 1 amide bonds. The van der Waals surface area contributed by atoms with Crippen LogP contribution in [-0.2, 0) is 9.53 Å². The Hall–Kier alpha value is -1.91. The Balaban J connectivity index is 2.79. The van der Waals surface area contributed by atoms with E-state index in [2.05, 4.69) is 5.32 Å². The SMILES string of the molecule is CC(C=O)c1ccc(NC(=O)OC(C)(C)C)cc1F. The summed E-state index contributed by atoms with van der Waals surface area (Å²) >= 11 is 0. The van der Waals surface area contributed by atoms with Crippen LogP contribution in [0.4, 0.5) is 14.9 Å². The molecular formula is C14H18FNO3. The van der Waals surface area contributed by atoms with E-state index >= 15 is 0 Å². The summed E-state index contributed by atoms with van der Waals surface area (Å²) < 4.78 is 18.8. The van der Waals surface area contributed by atoms with Crippen LogP contribution in [0.2, 0.25) is 0 Å². The Labute approximate surface area is 112 Å². The Morgan fingerprint density at radius 2 is 2.05 bits per heavy atom. The summed E-state index contributed by atoms with van der Waals surface area (Å²) in [6.45, 7) is 6.82. The molecule has 0 radical (unpaired) electrons. The minimum Gasteiger partial charge on any atom is -0.444 e. The number of hydrogen-bond acceptors (Lipinski definition) is 3. The first kappa shape index (κ1) is 15.1. The van der Waals surface area contributed by atoms with Crippen molar-refractivity contribution in [1.82, 2.24) is 0 Å². The van der Waals surface area contributed by atoms with Crippen LogP contribution >= 0.6 is 0 Å². The highest BCUT2D eigenvalue weighted by Crippen LogP contribution is 2.21. The number of carbonyl (C=O) groups excluding carboxylic acids is 2. The van der Waals surface area contributed by atoms with Crippen LogP contribution in [0.5, 0.6) is 0 Å². The largest absolute Gasteiger partial charge is 0.444 e. The van der Waals surface area contributed by atoms with Gasteiger partial charge in [0, 0.05) is 11.6 Å². The summed E-state index contributed by atoms with van der Waals surface area (Å²) in [6.07, 6.45) is 0.0161. The fraction of sp³-hybridized carbons (Fsp3) is 0.429. The van der Waals surface area contributed by atoms with E-state index in [0.717, 1.165) is 0 Å². The highest BCUT2D eigenvalue weighted by molar-refractivity contribution is 5.85. The van der Waals surface area contributed by atoms with E-state index in [9.17, 15) is 14.0 Å². The second-order valence-electron chi connectivity index (χ2n) is 5.29. The van der Waals surface area contributed by atoms with Crippen molar-refractivity contribution >= 4 is 18.1 Å². The summed E-state index contributed by atoms with van der Waals surface area (Å²) in [7, 11) is 0. The molecule has 0 aliphatic rings. The number of ether oxygens (including phenoxy) is 1. The van der Waals surface area contributed by atoms with Gasteiger partial charge in [-0.3, -0.25) is 5.32 Å². The van der Waals surface area contributed by atoms with Crippen molar-refractivity contribution in [3.8, 4) is 0 Å². The third kappa shape index (κ3) is 4.69. The summed E-state index contributed by atoms with van der Waals surface area (Å²) in [5, 5.41) is 2.43. The number of aldehydes is 1. The van der Waals surface area contributed by atoms with Crippen molar-refractivity contribution in [2.45, 2.75) is 39.2 Å². The monoisotopic (exact) mass is 267 g/mol. The number of rotatable bonds is 3. The maximum absolute atomic E-state index is 13.7. The van der Waals surface area contributed by atoms with Crippen LogP contribution in [0.3, 0.4) is 0 Å². The number of amides is 1. The molecule has 1 rings (SSSR count). The van der Waals surface area contributed by atoms with E-state index in [1.807, 2.05) is 0 Å². The maximum Gasteiger partial charge on any atom is 0.412 e. The molecule has 0 bridgehead atoms. The van der Waals surface area contributed by atoms with Gasteiger partial charge < -0.3 is 9.53 Å². The zero-order valence-corrected chi connectivity index (χ0v) is 11.5. The molecule has 1 aromatic rings. The van der Waals surface area contributed by atoms with Crippen molar-refractivity contribution in [2.75, 3.05) is 5.32 Å². The lowest BCUT2D eigenvalue weighted by molar-refractivity contribution is -0.108. The van der Waals surface area contributed by atoms with Gasteiger partial charge in [0.05, 0.1) is 0 Å². The average Bonchev–Trinajstić information content (AvgIpc) is 2.25. The van der Waals surface area contributed by atoms with Gasteiger partial charge in [0.15, 0.2) is 0 Å². The fourth-order valence-corrected chi connectivity index (χ4v) is 1.47. The van der Waals surface area contributed by atoms with Crippen LogP contribution in [0.15, 0.2) is 18.2 Å². The topological polar surface area (TPSA) is 55.4 Å². The van der Waals surface area contributed by atoms with Gasteiger partial charge >= 0.3 is 6.09 Å². The quantitative estimate of drug-likeness (QED) is 0.853. The van der Waals surface area contributed by atoms with Gasteiger partial charge in [-0.25, -0.2) is 9.18 Å². The molecule has 0 heterocycles. The first-order chi connectivity index (χ1) is 8.73. The van der Waals surface area contributed by atoms with Gasteiger partial charge in [0.2, 0.25) is 0 Å². The molecule has 0 aliphatic carbocycles. The number of halogens is 1. The van der Waals surface area contributed by atoms with E-state index in [0.29, 0.717) is 11.8 Å². The highest BCUT2D eigenvalue weighted by atomic mass is 19.1. The summed E-state index contributed by atoms with van der Waals surface area (Å²) in [5.74, 6) is -1.05. The van der Waals surface area contributed by atoms with Crippen LogP contribution in [0, 0.1) is 5.82 Å². The molecular weight excluding hydrogens is 249 g/mol. The van der Waals surface area contributed by atoms with Gasteiger partial charge in [0.1, 0.15) is 17.7 Å². The van der Waals surface area contributed by atoms with Gasteiger partial charge in [-0.15, -0.1) is 0 Å². The summed E-state index contributed by atoms with van der Waals surface area (Å²) in [4.78, 5) is 22.1. The molecule has 1 atom stereocenters. The number of nitrogens with one attached hydrogen (secondary N) is 1. The predicted octanol–water partition coefficient (Wildman–Crippen LogP) is 3.48. The van der Waals surface area contributed by atoms with Crippen LogP contribution in [0.1, 0.15) is 39.2 Å². The molecule has 0 spiro atoms. The Bertz CT molecular complexity index is 480. The molecule has 0 aliphatic heterocycles. The molecule has 5 heteroatoms. The second-order valence-corrected chi connectivity index (χ2v) is 5.29. The van der Waals surface area contributed by atoms with E-state index in [-0.39, 0.29) is 5.69 Å². The number of anilines is 1. The third-order valence-corrected chi connectivity index (χ3v) is 2.34. The lowest BCUT2D eigenvalue weighted by Crippen LogP contribution is -2.27. The van der Waals surface area contributed by atoms with Gasteiger partial charge in [-0.2, -0.15) is 0 Å². The minimum atomic E-state index is -0.650. The van der Waals surface area contributed by atoms with Gasteiger partial charge in [-0.05, 0) is 38.5 Å². The fourth-order valence-electron chi connectivity index (χ4n) is 1.47. The smallest absolute Gasteiger partial charge is 0.412 e. The molecule has 1 unspecified atom stereocenters. The zero-order valence-electron chi connectivity index (χ0n) is 11.5. The van der Waals surface area contributed by atoms with Crippen LogP contribution < -0.4 is 5.32 Å². The second kappa shape index (κ2) is 5.82. The van der Waals surface area contributed by atoms with Gasteiger partial charge in [-0.1, -0.05) is 13.0 Å². The van der Waals surface area contributed by atoms with E-state index < -0.39 is 23.4 Å². The number of benzene rings is 1. The Morgan fingerprint density at radius 1 is 1.42 bits per heavy atom. The van der Waals surface area contributed by atoms with E-state index in [1.165, 1.54) is 18.2 Å². The summed E-state index contributed by atoms with van der Waals surface area (Å²) in [6, 6.07) is 4.17. The van der Waals surface area contributed by atoms with Crippen LogP contribution in [-0.4, -0.2) is 18.0 Å². The lowest BCUT2D eigenvalue weighted by atomic mass is 10.0. The molecule has 0 fully saturated rings. The first-order valence-corrected chi connectivity index (χ1v) is 5.97. The maximum atomic E-state index is 13.7. The van der Waals surface area contributed by atoms with Crippen molar-refractivity contribution in [1.29, 1.82) is 0 Å². The molecule has 0 aromatic heterocycles. The molecule has 0 saturated carbocycles. The lowest BCUT2D eigenvalue weighted by Gasteiger charge is -2.19. The minimum absolute atomic E-state index is 0.286. The molecule has 19 heavy (non-hydrogen) atoms. The van der Waals surface area contributed by atoms with Crippen molar-refractivity contribution < 1.29 is 18.7 Å². The van der Waals surface area contributed by atoms with E-state index in [4.69, 9.17) is 4.74 Å². The first-order valence-electron chi connectivity index (χ1n) is 5.97. The van der Waals surface area contributed by atoms with E-state index in [1.54, 1.807) is 27.7 Å². The predicted molar refractivity (Wildman–Crippen MR) is 70.7 cm³/mol. The highest BCUT2D eigenvalue weighted by Gasteiger charge is 2.17. The molecule has 0 saturated heterocycles. The molecule has 104 valence electrons. The number of hydrogen-bond donors (Lipinski definition) is 1. The van der Waals surface area contributed by atoms with Crippen LogP contribution in [0.25, 0.3) is 0 Å². The van der Waals surface area contributed by atoms with Crippen molar-refractivity contribution in [3.05, 3.63) is 29.6 Å². The Kier molecular flexibility index (Phi) is 4.64. The molecule has 4 nitrogen and oxygen atoms in total. The third-order valence-electron chi connectivity index (χ3n) is 2.34. The van der Waals surface area contributed by atoms with Gasteiger partial charge in [0.25, 0.3) is 0 Å². The summed E-state index contributed by atoms with van der Waals surface area (Å²) in [5.41, 5.74) is -0.0347.